The Hall–Kier alpha value is -2.37. The minimum Gasteiger partial charge on any atom is -0.490 e. The molecule has 0 aliphatic heterocycles. The van der Waals surface area contributed by atoms with Crippen LogP contribution in [0.5, 0.6) is 5.75 Å². The highest BCUT2D eigenvalue weighted by molar-refractivity contribution is 5.96. The van der Waals surface area contributed by atoms with Crippen LogP contribution in [0.3, 0.4) is 0 Å². The fourth-order valence-corrected chi connectivity index (χ4v) is 2.34. The lowest BCUT2D eigenvalue weighted by Crippen LogP contribution is -2.32. The van der Waals surface area contributed by atoms with Crippen LogP contribution in [0, 0.1) is 0 Å². The largest absolute Gasteiger partial charge is 0.490 e. The molecule has 2 aromatic rings. The van der Waals surface area contributed by atoms with Crippen molar-refractivity contribution in [2.75, 3.05) is 19.7 Å². The van der Waals surface area contributed by atoms with Gasteiger partial charge in [-0.25, -0.2) is 0 Å². The number of ether oxygens (including phenoxy) is 1. The standard InChI is InChI=1S/C20H26N2O3/c1-2-12-21-14-17(23)15-25-19-11-7-6-10-18(19)20(24)22-13-16-8-4-3-5-9-16/h3-11,17,21,23H,2,12-15H2,1H3,(H,22,24). The van der Waals surface area contributed by atoms with Gasteiger partial charge in [0, 0.05) is 13.1 Å². The monoisotopic (exact) mass is 342 g/mol. The van der Waals surface area contributed by atoms with Gasteiger partial charge in [-0.3, -0.25) is 4.79 Å². The van der Waals surface area contributed by atoms with Crippen LogP contribution in [0.4, 0.5) is 0 Å². The molecule has 2 rings (SSSR count). The summed E-state index contributed by atoms with van der Waals surface area (Å²) in [5, 5.41) is 16.0. The molecule has 0 bridgehead atoms. The lowest BCUT2D eigenvalue weighted by molar-refractivity contribution is 0.0923. The number of para-hydroxylation sites is 1. The van der Waals surface area contributed by atoms with Crippen LogP contribution < -0.4 is 15.4 Å². The van der Waals surface area contributed by atoms with Gasteiger partial charge in [-0.15, -0.1) is 0 Å². The first-order chi connectivity index (χ1) is 12.2. The van der Waals surface area contributed by atoms with E-state index in [1.807, 2.05) is 36.4 Å². The van der Waals surface area contributed by atoms with Crippen LogP contribution in [0.25, 0.3) is 0 Å². The van der Waals surface area contributed by atoms with Crippen LogP contribution in [0.15, 0.2) is 54.6 Å². The number of benzene rings is 2. The zero-order chi connectivity index (χ0) is 17.9. The van der Waals surface area contributed by atoms with Crippen molar-refractivity contribution in [2.45, 2.75) is 26.0 Å². The molecule has 0 heterocycles. The maximum atomic E-state index is 12.4. The van der Waals surface area contributed by atoms with E-state index in [0.717, 1.165) is 18.5 Å². The van der Waals surface area contributed by atoms with Gasteiger partial charge in [-0.2, -0.15) is 0 Å². The second-order valence-electron chi connectivity index (χ2n) is 5.83. The average molecular weight is 342 g/mol. The molecule has 0 aliphatic carbocycles. The molecule has 1 amide bonds. The fourth-order valence-electron chi connectivity index (χ4n) is 2.34. The Bertz CT molecular complexity index is 646. The second-order valence-corrected chi connectivity index (χ2v) is 5.83. The quantitative estimate of drug-likeness (QED) is 0.580. The third kappa shape index (κ3) is 6.57. The molecule has 0 aromatic heterocycles. The Morgan fingerprint density at radius 2 is 1.84 bits per heavy atom. The number of rotatable bonds is 10. The highest BCUT2D eigenvalue weighted by Gasteiger charge is 2.13. The molecule has 0 saturated heterocycles. The van der Waals surface area contributed by atoms with Gasteiger partial charge in [0.15, 0.2) is 0 Å². The zero-order valence-corrected chi connectivity index (χ0v) is 14.6. The van der Waals surface area contributed by atoms with Crippen molar-refractivity contribution >= 4 is 5.91 Å². The summed E-state index contributed by atoms with van der Waals surface area (Å²) < 4.78 is 5.65. The van der Waals surface area contributed by atoms with Crippen LogP contribution >= 0.6 is 0 Å². The Morgan fingerprint density at radius 1 is 1.12 bits per heavy atom. The predicted molar refractivity (Wildman–Crippen MR) is 98.7 cm³/mol. The van der Waals surface area contributed by atoms with E-state index in [4.69, 9.17) is 4.74 Å². The number of hydrogen-bond donors (Lipinski definition) is 3. The summed E-state index contributed by atoms with van der Waals surface area (Å²) >= 11 is 0. The maximum absolute atomic E-state index is 12.4. The van der Waals surface area contributed by atoms with Gasteiger partial charge in [-0.1, -0.05) is 49.4 Å². The Labute approximate surface area is 149 Å². The molecular weight excluding hydrogens is 316 g/mol. The minimum absolute atomic E-state index is 0.139. The number of carbonyl (C=O) groups excluding carboxylic acids is 1. The molecule has 5 nitrogen and oxygen atoms in total. The molecule has 3 N–H and O–H groups in total. The first kappa shape index (κ1) is 19.0. The summed E-state index contributed by atoms with van der Waals surface area (Å²) in [5.41, 5.74) is 1.50. The van der Waals surface area contributed by atoms with Gasteiger partial charge in [0.05, 0.1) is 5.56 Å². The van der Waals surface area contributed by atoms with Crippen LogP contribution in [0.1, 0.15) is 29.3 Å². The van der Waals surface area contributed by atoms with E-state index in [2.05, 4.69) is 17.6 Å². The molecule has 0 saturated carbocycles. The number of carbonyl (C=O) groups is 1. The molecular formula is C20H26N2O3. The summed E-state index contributed by atoms with van der Waals surface area (Å²) in [7, 11) is 0. The molecule has 2 aromatic carbocycles. The first-order valence-corrected chi connectivity index (χ1v) is 8.63. The summed E-state index contributed by atoms with van der Waals surface area (Å²) in [6.07, 6.45) is 0.393. The second kappa shape index (κ2) is 10.5. The lowest BCUT2D eigenvalue weighted by atomic mass is 10.1. The van der Waals surface area contributed by atoms with E-state index in [1.165, 1.54) is 0 Å². The fraction of sp³-hybridized carbons (Fsp3) is 0.350. The number of aliphatic hydroxyl groups is 1. The SMILES string of the molecule is CCCNCC(O)COc1ccccc1C(=O)NCc1ccccc1. The Balaban J connectivity index is 1.89. The van der Waals surface area contributed by atoms with Crippen molar-refractivity contribution in [1.29, 1.82) is 0 Å². The van der Waals surface area contributed by atoms with Gasteiger partial charge in [0.1, 0.15) is 18.5 Å². The normalized spacial score (nSPS) is 11.8. The van der Waals surface area contributed by atoms with Crippen molar-refractivity contribution in [3.05, 3.63) is 65.7 Å². The third-order valence-corrected chi connectivity index (χ3v) is 3.67. The molecule has 0 fully saturated rings. The van der Waals surface area contributed by atoms with Gasteiger partial charge in [-0.05, 0) is 30.7 Å². The third-order valence-electron chi connectivity index (χ3n) is 3.67. The highest BCUT2D eigenvalue weighted by atomic mass is 16.5. The van der Waals surface area contributed by atoms with Crippen molar-refractivity contribution in [1.82, 2.24) is 10.6 Å². The smallest absolute Gasteiger partial charge is 0.255 e. The minimum atomic E-state index is -0.619. The van der Waals surface area contributed by atoms with E-state index < -0.39 is 6.10 Å². The topological polar surface area (TPSA) is 70.6 Å². The Morgan fingerprint density at radius 3 is 2.60 bits per heavy atom. The van der Waals surface area contributed by atoms with Gasteiger partial charge < -0.3 is 20.5 Å². The van der Waals surface area contributed by atoms with E-state index in [-0.39, 0.29) is 12.5 Å². The summed E-state index contributed by atoms with van der Waals surface area (Å²) in [6, 6.07) is 16.8. The summed E-state index contributed by atoms with van der Waals surface area (Å²) in [5.74, 6) is 0.278. The number of aliphatic hydroxyl groups excluding tert-OH is 1. The molecule has 0 radical (unpaired) electrons. The molecule has 1 unspecified atom stereocenters. The Kier molecular flexibility index (Phi) is 7.95. The van der Waals surface area contributed by atoms with Crippen LogP contribution in [-0.4, -0.2) is 36.8 Å². The molecule has 134 valence electrons. The molecule has 1 atom stereocenters. The van der Waals surface area contributed by atoms with Crippen molar-refractivity contribution < 1.29 is 14.6 Å². The molecule has 5 heteroatoms. The zero-order valence-electron chi connectivity index (χ0n) is 14.6. The van der Waals surface area contributed by atoms with E-state index in [0.29, 0.717) is 24.4 Å². The van der Waals surface area contributed by atoms with E-state index >= 15 is 0 Å². The first-order valence-electron chi connectivity index (χ1n) is 8.63. The van der Waals surface area contributed by atoms with Crippen LogP contribution in [0.2, 0.25) is 0 Å². The summed E-state index contributed by atoms with van der Waals surface area (Å²) in [6.45, 7) is 3.99. The van der Waals surface area contributed by atoms with Gasteiger partial charge in [0.25, 0.3) is 5.91 Å². The van der Waals surface area contributed by atoms with Crippen molar-refractivity contribution in [2.24, 2.45) is 0 Å². The van der Waals surface area contributed by atoms with E-state index in [1.54, 1.807) is 18.2 Å². The van der Waals surface area contributed by atoms with Gasteiger partial charge >= 0.3 is 0 Å². The van der Waals surface area contributed by atoms with Crippen LogP contribution in [-0.2, 0) is 6.54 Å². The maximum Gasteiger partial charge on any atom is 0.255 e. The average Bonchev–Trinajstić information content (AvgIpc) is 2.66. The number of nitrogens with one attached hydrogen (secondary N) is 2. The van der Waals surface area contributed by atoms with Crippen molar-refractivity contribution in [3.8, 4) is 5.75 Å². The van der Waals surface area contributed by atoms with Crippen molar-refractivity contribution in [3.63, 3.8) is 0 Å². The summed E-state index contributed by atoms with van der Waals surface area (Å²) in [4.78, 5) is 12.4. The van der Waals surface area contributed by atoms with E-state index in [9.17, 15) is 9.90 Å². The molecule has 0 spiro atoms. The molecule has 0 aliphatic rings. The predicted octanol–water partition coefficient (Wildman–Crippen LogP) is 2.36. The highest BCUT2D eigenvalue weighted by Crippen LogP contribution is 2.18. The molecule has 25 heavy (non-hydrogen) atoms. The number of hydrogen-bond acceptors (Lipinski definition) is 4. The van der Waals surface area contributed by atoms with Gasteiger partial charge in [0.2, 0.25) is 0 Å². The number of amides is 1. The lowest BCUT2D eigenvalue weighted by Gasteiger charge is -2.15.